The van der Waals surface area contributed by atoms with Crippen LogP contribution in [0.1, 0.15) is 49.5 Å². The van der Waals surface area contributed by atoms with Crippen molar-refractivity contribution < 1.29 is 27.2 Å². The van der Waals surface area contributed by atoms with Crippen LogP contribution in [-0.4, -0.2) is 35.5 Å². The second kappa shape index (κ2) is 9.82. The fourth-order valence-corrected chi connectivity index (χ4v) is 3.80. The number of amides is 2. The Morgan fingerprint density at radius 3 is 2.37 bits per heavy atom. The molecule has 1 saturated carbocycles. The average molecular weight is 422 g/mol. The van der Waals surface area contributed by atoms with Gasteiger partial charge >= 0.3 is 12.1 Å². The lowest BCUT2D eigenvalue weighted by atomic mass is 9.95. The molecule has 5 nitrogen and oxygen atoms in total. The molecule has 0 spiro atoms. The molecule has 0 saturated heterocycles. The smallest absolute Gasteiger partial charge is 0.467 e. The Morgan fingerprint density at radius 1 is 1.07 bits per heavy atom. The minimum absolute atomic E-state index is 0.00831. The van der Waals surface area contributed by atoms with E-state index in [1.54, 1.807) is 30.3 Å². The van der Waals surface area contributed by atoms with Gasteiger partial charge in [0.2, 0.25) is 0 Å². The molecule has 3 rings (SSSR count). The zero-order valence-electron chi connectivity index (χ0n) is 16.5. The summed E-state index contributed by atoms with van der Waals surface area (Å²) in [6.45, 7) is -0.272. The van der Waals surface area contributed by atoms with E-state index in [9.17, 15) is 22.8 Å². The highest BCUT2D eigenvalue weighted by Gasteiger charge is 2.47. The number of benzene rings is 1. The van der Waals surface area contributed by atoms with E-state index in [0.29, 0.717) is 4.90 Å². The van der Waals surface area contributed by atoms with E-state index in [1.807, 2.05) is 0 Å². The molecule has 2 amide bonds. The van der Waals surface area contributed by atoms with Gasteiger partial charge in [0.1, 0.15) is 5.76 Å². The van der Waals surface area contributed by atoms with Crippen LogP contribution >= 0.6 is 0 Å². The maximum Gasteiger partial charge on any atom is 0.471 e. The average Bonchev–Trinajstić information content (AvgIpc) is 3.25. The normalized spacial score (nSPS) is 16.1. The van der Waals surface area contributed by atoms with Crippen LogP contribution in [0.15, 0.2) is 53.1 Å². The van der Waals surface area contributed by atoms with E-state index in [2.05, 4.69) is 5.32 Å². The summed E-state index contributed by atoms with van der Waals surface area (Å²) < 4.78 is 45.5. The predicted molar refractivity (Wildman–Crippen MR) is 104 cm³/mol. The van der Waals surface area contributed by atoms with Crippen LogP contribution in [0.5, 0.6) is 0 Å². The number of alkyl halides is 3. The summed E-state index contributed by atoms with van der Waals surface area (Å²) >= 11 is 0. The summed E-state index contributed by atoms with van der Waals surface area (Å²) in [6.07, 6.45) is 0.878. The van der Waals surface area contributed by atoms with Gasteiger partial charge in [-0.1, -0.05) is 49.6 Å². The number of halogens is 3. The molecule has 0 unspecified atom stereocenters. The van der Waals surface area contributed by atoms with Crippen molar-refractivity contribution in [3.63, 3.8) is 0 Å². The molecule has 1 fully saturated rings. The molecule has 30 heavy (non-hydrogen) atoms. The van der Waals surface area contributed by atoms with Gasteiger partial charge in [0.05, 0.1) is 6.26 Å². The van der Waals surface area contributed by atoms with Gasteiger partial charge in [0.15, 0.2) is 6.04 Å². The largest absolute Gasteiger partial charge is 0.471 e. The minimum atomic E-state index is -5.10. The Morgan fingerprint density at radius 2 is 1.77 bits per heavy atom. The molecule has 0 radical (unpaired) electrons. The van der Waals surface area contributed by atoms with Crippen LogP contribution in [0.25, 0.3) is 0 Å². The number of furan rings is 1. The van der Waals surface area contributed by atoms with Gasteiger partial charge in [-0.05, 0) is 37.0 Å². The van der Waals surface area contributed by atoms with Crippen LogP contribution in [0.2, 0.25) is 0 Å². The summed E-state index contributed by atoms with van der Waals surface area (Å²) in [5.74, 6) is -2.70. The first kappa shape index (κ1) is 21.9. The van der Waals surface area contributed by atoms with Gasteiger partial charge < -0.3 is 14.6 Å². The first-order valence-corrected chi connectivity index (χ1v) is 10.1. The highest BCUT2D eigenvalue weighted by Crippen LogP contribution is 2.29. The Balaban J connectivity index is 1.87. The molecule has 0 aliphatic heterocycles. The molecule has 162 valence electrons. The van der Waals surface area contributed by atoms with E-state index >= 15 is 0 Å². The van der Waals surface area contributed by atoms with Crippen LogP contribution in [0, 0.1) is 0 Å². The molecule has 2 aromatic rings. The SMILES string of the molecule is O=C(NC1CCCCC1)[C@H](c1ccco1)N(CCc1ccccc1)C(=O)C(F)(F)F. The third-order valence-electron chi connectivity index (χ3n) is 5.31. The number of carbonyl (C=O) groups is 2. The van der Waals surface area contributed by atoms with E-state index < -0.39 is 24.0 Å². The molecule has 1 aliphatic rings. The number of hydrogen-bond acceptors (Lipinski definition) is 3. The predicted octanol–water partition coefficient (Wildman–Crippen LogP) is 4.40. The lowest BCUT2D eigenvalue weighted by molar-refractivity contribution is -0.189. The molecular formula is C22H25F3N2O3. The summed E-state index contributed by atoms with van der Waals surface area (Å²) in [5.41, 5.74) is 0.767. The Kier molecular flexibility index (Phi) is 7.18. The zero-order valence-corrected chi connectivity index (χ0v) is 16.5. The van der Waals surface area contributed by atoms with Gasteiger partial charge in [-0.2, -0.15) is 13.2 Å². The van der Waals surface area contributed by atoms with Crippen LogP contribution < -0.4 is 5.32 Å². The minimum Gasteiger partial charge on any atom is -0.467 e. The fraction of sp³-hybridized carbons (Fsp3) is 0.455. The van der Waals surface area contributed by atoms with E-state index in [1.165, 1.54) is 18.4 Å². The second-order valence-electron chi connectivity index (χ2n) is 7.49. The van der Waals surface area contributed by atoms with Crippen LogP contribution in [0.4, 0.5) is 13.2 Å². The lowest BCUT2D eigenvalue weighted by Gasteiger charge is -2.32. The van der Waals surface area contributed by atoms with E-state index in [-0.39, 0.29) is 24.8 Å². The molecule has 1 aromatic carbocycles. The Hall–Kier alpha value is -2.77. The van der Waals surface area contributed by atoms with Crippen molar-refractivity contribution in [2.75, 3.05) is 6.54 Å². The maximum absolute atomic E-state index is 13.4. The second-order valence-corrected chi connectivity index (χ2v) is 7.49. The molecule has 1 atom stereocenters. The van der Waals surface area contributed by atoms with Crippen molar-refractivity contribution >= 4 is 11.8 Å². The van der Waals surface area contributed by atoms with Crippen molar-refractivity contribution in [1.82, 2.24) is 10.2 Å². The number of carbonyl (C=O) groups excluding carboxylic acids is 2. The number of hydrogen-bond donors (Lipinski definition) is 1. The summed E-state index contributed by atoms with van der Waals surface area (Å²) in [7, 11) is 0. The van der Waals surface area contributed by atoms with Crippen molar-refractivity contribution in [3.8, 4) is 0 Å². The van der Waals surface area contributed by atoms with Crippen molar-refractivity contribution in [2.24, 2.45) is 0 Å². The molecule has 1 aliphatic carbocycles. The topological polar surface area (TPSA) is 62.6 Å². The van der Waals surface area contributed by atoms with Gasteiger partial charge in [-0.15, -0.1) is 0 Å². The third kappa shape index (κ3) is 5.64. The van der Waals surface area contributed by atoms with Gasteiger partial charge in [0, 0.05) is 12.6 Å². The molecular weight excluding hydrogens is 397 g/mol. The summed E-state index contributed by atoms with van der Waals surface area (Å²) in [5, 5.41) is 2.83. The number of nitrogens with zero attached hydrogens (tertiary/aromatic N) is 1. The summed E-state index contributed by atoms with van der Waals surface area (Å²) in [4.78, 5) is 25.9. The first-order valence-electron chi connectivity index (χ1n) is 10.1. The van der Waals surface area contributed by atoms with Crippen LogP contribution in [-0.2, 0) is 16.0 Å². The van der Waals surface area contributed by atoms with Crippen molar-refractivity contribution in [3.05, 3.63) is 60.1 Å². The van der Waals surface area contributed by atoms with Crippen LogP contribution in [0.3, 0.4) is 0 Å². The third-order valence-corrected chi connectivity index (χ3v) is 5.31. The van der Waals surface area contributed by atoms with E-state index in [0.717, 1.165) is 37.7 Å². The highest BCUT2D eigenvalue weighted by atomic mass is 19.4. The zero-order chi connectivity index (χ0) is 21.6. The molecule has 1 heterocycles. The van der Waals surface area contributed by atoms with Crippen molar-refractivity contribution in [2.45, 2.75) is 56.8 Å². The fourth-order valence-electron chi connectivity index (χ4n) is 3.80. The maximum atomic E-state index is 13.4. The lowest BCUT2D eigenvalue weighted by Crippen LogP contribution is -2.51. The van der Waals surface area contributed by atoms with Crippen molar-refractivity contribution in [1.29, 1.82) is 0 Å². The molecule has 8 heteroatoms. The number of rotatable bonds is 7. The molecule has 1 aromatic heterocycles. The number of nitrogens with one attached hydrogen (secondary N) is 1. The first-order chi connectivity index (χ1) is 14.4. The summed E-state index contributed by atoms with van der Waals surface area (Å²) in [6, 6.07) is 10.2. The standard InChI is InChI=1S/C22H25F3N2O3/c23-22(24,25)21(29)27(14-13-16-8-3-1-4-9-16)19(18-12-7-15-30-18)20(28)26-17-10-5-2-6-11-17/h1,3-4,7-9,12,15,17,19H,2,5-6,10-11,13-14H2,(H,26,28)/t19-/m0/s1. The Bertz CT molecular complexity index is 816. The molecule has 1 N–H and O–H groups in total. The quantitative estimate of drug-likeness (QED) is 0.719. The van der Waals surface area contributed by atoms with E-state index in [4.69, 9.17) is 4.42 Å². The van der Waals surface area contributed by atoms with Gasteiger partial charge in [-0.3, -0.25) is 9.59 Å². The molecule has 0 bridgehead atoms. The van der Waals surface area contributed by atoms with Gasteiger partial charge in [0.25, 0.3) is 5.91 Å². The highest BCUT2D eigenvalue weighted by molar-refractivity contribution is 5.90. The monoisotopic (exact) mass is 422 g/mol. The van der Waals surface area contributed by atoms with Gasteiger partial charge in [-0.25, -0.2) is 0 Å². The Labute approximate surface area is 173 Å².